The Labute approximate surface area is 143 Å². The quantitative estimate of drug-likeness (QED) is 0.884. The van der Waals surface area contributed by atoms with E-state index in [-0.39, 0.29) is 17.4 Å². The summed E-state index contributed by atoms with van der Waals surface area (Å²) in [5.41, 5.74) is 0.400. The minimum absolute atomic E-state index is 0.161. The Morgan fingerprint density at radius 1 is 1.25 bits per heavy atom. The first-order chi connectivity index (χ1) is 11.4. The molecule has 1 spiro atoms. The number of hydrogen-bond acceptors (Lipinski definition) is 5. The Hall–Kier alpha value is -1.44. The highest BCUT2D eigenvalue weighted by Crippen LogP contribution is 2.45. The van der Waals surface area contributed by atoms with Gasteiger partial charge in [-0.1, -0.05) is 17.7 Å². The van der Waals surface area contributed by atoms with Gasteiger partial charge < -0.3 is 10.1 Å². The summed E-state index contributed by atoms with van der Waals surface area (Å²) in [5, 5.41) is 3.24. The molecule has 0 aliphatic carbocycles. The number of nitrogens with one attached hydrogen (secondary N) is 1. The lowest BCUT2D eigenvalue weighted by Crippen LogP contribution is -2.45. The number of carbonyl (C=O) groups is 1. The lowest BCUT2D eigenvalue weighted by molar-refractivity contribution is -0.133. The maximum Gasteiger partial charge on any atom is 0.266 e. The zero-order valence-electron chi connectivity index (χ0n) is 14.1. The Morgan fingerprint density at radius 3 is 2.46 bits per heavy atom. The molecule has 0 saturated carbocycles. The zero-order chi connectivity index (χ0) is 17.4. The summed E-state index contributed by atoms with van der Waals surface area (Å²) in [4.78, 5) is 13.3. The standard InChI is InChI=1S/C17H24N2O4S/c1-13-3-5-15(6-4-13)24(21,22)19-14(12-23-2)11-17(16(19)20)7-9-18-10-8-17/h3-6,14,18H,7-12H2,1-2H3. The molecule has 132 valence electrons. The van der Waals surface area contributed by atoms with Crippen molar-refractivity contribution in [3.63, 3.8) is 0 Å². The highest BCUT2D eigenvalue weighted by atomic mass is 32.2. The van der Waals surface area contributed by atoms with Crippen LogP contribution in [-0.2, 0) is 19.6 Å². The smallest absolute Gasteiger partial charge is 0.266 e. The number of carbonyl (C=O) groups excluding carboxylic acids is 1. The molecule has 3 rings (SSSR count). The molecule has 2 aliphatic rings. The summed E-state index contributed by atoms with van der Waals surface area (Å²) in [6, 6.07) is 6.19. The van der Waals surface area contributed by atoms with Gasteiger partial charge in [0.2, 0.25) is 5.91 Å². The van der Waals surface area contributed by atoms with E-state index in [1.165, 1.54) is 7.11 Å². The fourth-order valence-electron chi connectivity index (χ4n) is 3.79. The number of sulfonamides is 1. The Balaban J connectivity index is 1.99. The van der Waals surface area contributed by atoms with Gasteiger partial charge in [0.15, 0.2) is 0 Å². The number of ether oxygens (including phenoxy) is 1. The van der Waals surface area contributed by atoms with Crippen LogP contribution in [0.2, 0.25) is 0 Å². The lowest BCUT2D eigenvalue weighted by atomic mass is 9.76. The summed E-state index contributed by atoms with van der Waals surface area (Å²) in [6.07, 6.45) is 1.88. The van der Waals surface area contributed by atoms with Gasteiger partial charge in [0, 0.05) is 7.11 Å². The number of rotatable bonds is 4. The predicted molar refractivity (Wildman–Crippen MR) is 90.0 cm³/mol. The molecular weight excluding hydrogens is 328 g/mol. The van der Waals surface area contributed by atoms with Crippen molar-refractivity contribution in [3.05, 3.63) is 29.8 Å². The average molecular weight is 352 g/mol. The van der Waals surface area contributed by atoms with Crippen LogP contribution in [0.5, 0.6) is 0 Å². The number of piperidine rings is 1. The van der Waals surface area contributed by atoms with Gasteiger partial charge in [-0.25, -0.2) is 12.7 Å². The molecule has 1 aromatic carbocycles. The van der Waals surface area contributed by atoms with E-state index < -0.39 is 21.5 Å². The molecule has 1 N–H and O–H groups in total. The predicted octanol–water partition coefficient (Wildman–Crippen LogP) is 1.30. The average Bonchev–Trinajstić information content (AvgIpc) is 2.81. The molecule has 7 heteroatoms. The third-order valence-electron chi connectivity index (χ3n) is 5.11. The minimum Gasteiger partial charge on any atom is -0.383 e. The van der Waals surface area contributed by atoms with Crippen LogP contribution in [-0.4, -0.2) is 51.5 Å². The number of aryl methyl sites for hydroxylation is 1. The first-order valence-corrected chi connectivity index (χ1v) is 9.70. The fraction of sp³-hybridized carbons (Fsp3) is 0.588. The van der Waals surface area contributed by atoms with Crippen LogP contribution in [0.3, 0.4) is 0 Å². The second-order valence-corrected chi connectivity index (χ2v) is 8.58. The van der Waals surface area contributed by atoms with E-state index in [0.29, 0.717) is 19.3 Å². The van der Waals surface area contributed by atoms with Crippen molar-refractivity contribution in [1.29, 1.82) is 0 Å². The normalized spacial score (nSPS) is 23.8. The molecule has 1 atom stereocenters. The monoisotopic (exact) mass is 352 g/mol. The summed E-state index contributed by atoms with van der Waals surface area (Å²) in [5.74, 6) is -0.272. The van der Waals surface area contributed by atoms with Gasteiger partial charge in [-0.15, -0.1) is 0 Å². The molecule has 0 bridgehead atoms. The number of methoxy groups -OCH3 is 1. The van der Waals surface area contributed by atoms with Crippen molar-refractivity contribution in [2.45, 2.75) is 37.1 Å². The molecule has 1 unspecified atom stereocenters. The van der Waals surface area contributed by atoms with E-state index in [2.05, 4.69) is 5.32 Å². The Kier molecular flexibility index (Phi) is 4.68. The summed E-state index contributed by atoms with van der Waals surface area (Å²) in [7, 11) is -2.33. The highest BCUT2D eigenvalue weighted by molar-refractivity contribution is 7.89. The first kappa shape index (κ1) is 17.4. The molecule has 24 heavy (non-hydrogen) atoms. The van der Waals surface area contributed by atoms with Gasteiger partial charge in [0.05, 0.1) is 23.0 Å². The van der Waals surface area contributed by atoms with Crippen molar-refractivity contribution >= 4 is 15.9 Å². The van der Waals surface area contributed by atoms with E-state index in [1.807, 2.05) is 6.92 Å². The van der Waals surface area contributed by atoms with Crippen molar-refractivity contribution < 1.29 is 17.9 Å². The van der Waals surface area contributed by atoms with Gasteiger partial charge in [-0.3, -0.25) is 4.79 Å². The molecule has 2 saturated heterocycles. The Bertz CT molecular complexity index is 709. The van der Waals surface area contributed by atoms with E-state index in [0.717, 1.165) is 23.0 Å². The largest absolute Gasteiger partial charge is 0.383 e. The van der Waals surface area contributed by atoms with Crippen molar-refractivity contribution in [2.24, 2.45) is 5.41 Å². The Morgan fingerprint density at radius 2 is 1.88 bits per heavy atom. The zero-order valence-corrected chi connectivity index (χ0v) is 14.9. The maximum absolute atomic E-state index is 13.1. The van der Waals surface area contributed by atoms with Crippen LogP contribution in [0.4, 0.5) is 0 Å². The van der Waals surface area contributed by atoms with Crippen LogP contribution in [0, 0.1) is 12.3 Å². The SMILES string of the molecule is COCC1CC2(CCNCC2)C(=O)N1S(=O)(=O)c1ccc(C)cc1. The van der Waals surface area contributed by atoms with E-state index in [4.69, 9.17) is 4.74 Å². The van der Waals surface area contributed by atoms with E-state index in [9.17, 15) is 13.2 Å². The fourth-order valence-corrected chi connectivity index (χ4v) is 5.44. The van der Waals surface area contributed by atoms with Crippen molar-refractivity contribution in [3.8, 4) is 0 Å². The van der Waals surface area contributed by atoms with E-state index >= 15 is 0 Å². The van der Waals surface area contributed by atoms with Crippen LogP contribution in [0.15, 0.2) is 29.2 Å². The first-order valence-electron chi connectivity index (χ1n) is 8.26. The molecule has 2 aliphatic heterocycles. The molecule has 2 heterocycles. The summed E-state index contributed by atoms with van der Waals surface area (Å²) >= 11 is 0. The summed E-state index contributed by atoms with van der Waals surface area (Å²) < 4.78 is 32.5. The van der Waals surface area contributed by atoms with Crippen molar-refractivity contribution in [1.82, 2.24) is 9.62 Å². The third-order valence-corrected chi connectivity index (χ3v) is 6.96. The van der Waals surface area contributed by atoms with Crippen LogP contribution in [0.1, 0.15) is 24.8 Å². The molecule has 0 radical (unpaired) electrons. The van der Waals surface area contributed by atoms with Gasteiger partial charge in [-0.05, 0) is 51.4 Å². The molecule has 6 nitrogen and oxygen atoms in total. The lowest BCUT2D eigenvalue weighted by Gasteiger charge is -2.31. The van der Waals surface area contributed by atoms with Gasteiger partial charge in [-0.2, -0.15) is 0 Å². The number of amides is 1. The highest BCUT2D eigenvalue weighted by Gasteiger charge is 2.55. The second-order valence-electron chi connectivity index (χ2n) is 6.76. The van der Waals surface area contributed by atoms with Gasteiger partial charge in [0.25, 0.3) is 10.0 Å². The van der Waals surface area contributed by atoms with Gasteiger partial charge >= 0.3 is 0 Å². The molecule has 0 aromatic heterocycles. The molecule has 1 aromatic rings. The topological polar surface area (TPSA) is 75.7 Å². The van der Waals surface area contributed by atoms with Crippen LogP contribution >= 0.6 is 0 Å². The van der Waals surface area contributed by atoms with Crippen LogP contribution < -0.4 is 5.32 Å². The number of nitrogens with zero attached hydrogens (tertiary/aromatic N) is 1. The summed E-state index contributed by atoms with van der Waals surface area (Å²) in [6.45, 7) is 3.61. The molecule has 2 fully saturated rings. The van der Waals surface area contributed by atoms with Crippen LogP contribution in [0.25, 0.3) is 0 Å². The number of hydrogen-bond donors (Lipinski definition) is 1. The molecule has 1 amide bonds. The second kappa shape index (κ2) is 6.46. The van der Waals surface area contributed by atoms with E-state index in [1.54, 1.807) is 24.3 Å². The number of benzene rings is 1. The third kappa shape index (κ3) is 2.85. The minimum atomic E-state index is -3.87. The maximum atomic E-state index is 13.1. The van der Waals surface area contributed by atoms with Crippen molar-refractivity contribution in [2.75, 3.05) is 26.8 Å². The molecular formula is C17H24N2O4S. The van der Waals surface area contributed by atoms with Gasteiger partial charge in [0.1, 0.15) is 0 Å².